The van der Waals surface area contributed by atoms with Crippen molar-refractivity contribution in [1.82, 2.24) is 20.2 Å². The fourth-order valence-corrected chi connectivity index (χ4v) is 1.59. The summed E-state index contributed by atoms with van der Waals surface area (Å²) in [6.07, 6.45) is 2.56. The van der Waals surface area contributed by atoms with E-state index in [0.717, 1.165) is 17.7 Å². The first-order valence-corrected chi connectivity index (χ1v) is 5.56. The van der Waals surface area contributed by atoms with Crippen molar-refractivity contribution in [2.24, 2.45) is 0 Å². The first-order valence-electron chi connectivity index (χ1n) is 5.56. The molecular weight excluding hydrogens is 234 g/mol. The molecule has 2 aromatic rings. The van der Waals surface area contributed by atoms with Gasteiger partial charge in [-0.25, -0.2) is 9.89 Å². The smallest absolute Gasteiger partial charge is 0.342 e. The zero-order valence-corrected chi connectivity index (χ0v) is 9.86. The minimum absolute atomic E-state index is 0.0716. The molecule has 2 rings (SSSR count). The summed E-state index contributed by atoms with van der Waals surface area (Å²) in [7, 11) is 0. The van der Waals surface area contributed by atoms with Gasteiger partial charge in [0.2, 0.25) is 5.82 Å². The van der Waals surface area contributed by atoms with E-state index >= 15 is 0 Å². The third-order valence-electron chi connectivity index (χ3n) is 2.50. The van der Waals surface area contributed by atoms with Crippen molar-refractivity contribution in [1.29, 1.82) is 0 Å². The molecule has 7 nitrogen and oxygen atoms in total. The predicted octanol–water partition coefficient (Wildman–Crippen LogP) is 0.0277. The number of aromatic amines is 2. The molecule has 0 saturated heterocycles. The topological polar surface area (TPSA) is 104 Å². The molecule has 0 unspecified atom stereocenters. The maximum atomic E-state index is 11.4. The van der Waals surface area contributed by atoms with E-state index in [4.69, 9.17) is 0 Å². The van der Waals surface area contributed by atoms with Gasteiger partial charge < -0.3 is 5.32 Å². The summed E-state index contributed by atoms with van der Waals surface area (Å²) in [5, 5.41) is 8.63. The van der Waals surface area contributed by atoms with Crippen LogP contribution in [0.15, 0.2) is 27.9 Å². The van der Waals surface area contributed by atoms with Gasteiger partial charge in [0.15, 0.2) is 0 Å². The summed E-state index contributed by atoms with van der Waals surface area (Å²) in [4.78, 5) is 28.5. The third kappa shape index (κ3) is 2.62. The van der Waals surface area contributed by atoms with E-state index in [-0.39, 0.29) is 5.82 Å². The van der Waals surface area contributed by atoms with Gasteiger partial charge in [-0.05, 0) is 18.1 Å². The molecule has 0 aliphatic carbocycles. The lowest BCUT2D eigenvalue weighted by Gasteiger charge is -2.07. The molecular formula is C11H13N5O2. The van der Waals surface area contributed by atoms with Crippen molar-refractivity contribution in [3.8, 4) is 0 Å². The quantitative estimate of drug-likeness (QED) is 0.707. The van der Waals surface area contributed by atoms with Crippen LogP contribution >= 0.6 is 0 Å². The fraction of sp³-hybridized carbons (Fsp3) is 0.273. The van der Waals surface area contributed by atoms with Crippen LogP contribution in [0.3, 0.4) is 0 Å². The number of aryl methyl sites for hydroxylation is 1. The van der Waals surface area contributed by atoms with E-state index in [1.165, 1.54) is 0 Å². The number of hydrogen-bond donors (Lipinski definition) is 3. The molecule has 0 atom stereocenters. The normalized spacial score (nSPS) is 10.3. The summed E-state index contributed by atoms with van der Waals surface area (Å²) in [5.74, 6) is 0.0716. The molecule has 0 aliphatic heterocycles. The molecule has 0 spiro atoms. The highest BCUT2D eigenvalue weighted by Gasteiger charge is 2.04. The molecule has 94 valence electrons. The Morgan fingerprint density at radius 2 is 2.22 bits per heavy atom. The average Bonchev–Trinajstić information content (AvgIpc) is 2.38. The molecule has 0 amide bonds. The van der Waals surface area contributed by atoms with Gasteiger partial charge in [0.05, 0.1) is 12.2 Å². The van der Waals surface area contributed by atoms with Crippen LogP contribution in [0.5, 0.6) is 0 Å². The number of rotatable bonds is 4. The van der Waals surface area contributed by atoms with Crippen LogP contribution in [0.2, 0.25) is 0 Å². The predicted molar refractivity (Wildman–Crippen MR) is 66.4 cm³/mol. The minimum atomic E-state index is -0.627. The Labute approximate surface area is 102 Å². The Hall–Kier alpha value is -2.44. The molecule has 0 bridgehead atoms. The van der Waals surface area contributed by atoms with Crippen LogP contribution in [0.4, 0.5) is 5.82 Å². The van der Waals surface area contributed by atoms with Crippen LogP contribution in [-0.4, -0.2) is 20.2 Å². The molecule has 0 aliphatic rings. The number of nitrogens with zero attached hydrogens (tertiary/aromatic N) is 2. The van der Waals surface area contributed by atoms with Crippen LogP contribution in [0.25, 0.3) is 0 Å². The number of nitrogens with one attached hydrogen (secondary N) is 3. The van der Waals surface area contributed by atoms with E-state index in [9.17, 15) is 9.59 Å². The second-order valence-corrected chi connectivity index (χ2v) is 3.67. The molecule has 0 saturated carbocycles. The zero-order chi connectivity index (χ0) is 13.0. The Kier molecular flexibility index (Phi) is 3.52. The van der Waals surface area contributed by atoms with Crippen LogP contribution in [0.1, 0.15) is 18.2 Å². The van der Waals surface area contributed by atoms with E-state index in [2.05, 4.69) is 25.5 Å². The molecule has 7 heteroatoms. The van der Waals surface area contributed by atoms with Gasteiger partial charge in [-0.1, -0.05) is 13.0 Å². The van der Waals surface area contributed by atoms with E-state index in [1.54, 1.807) is 6.20 Å². The van der Waals surface area contributed by atoms with E-state index in [0.29, 0.717) is 6.54 Å². The first-order chi connectivity index (χ1) is 8.70. The molecule has 2 heterocycles. The van der Waals surface area contributed by atoms with Gasteiger partial charge >= 0.3 is 5.69 Å². The second kappa shape index (κ2) is 5.26. The van der Waals surface area contributed by atoms with Crippen molar-refractivity contribution in [3.63, 3.8) is 0 Å². The highest BCUT2D eigenvalue weighted by Crippen LogP contribution is 2.07. The fourth-order valence-electron chi connectivity index (χ4n) is 1.59. The van der Waals surface area contributed by atoms with Crippen LogP contribution in [-0.2, 0) is 13.0 Å². The summed E-state index contributed by atoms with van der Waals surface area (Å²) in [6.45, 7) is 2.41. The maximum Gasteiger partial charge on any atom is 0.342 e. The second-order valence-electron chi connectivity index (χ2n) is 3.67. The van der Waals surface area contributed by atoms with E-state index in [1.807, 2.05) is 19.1 Å². The summed E-state index contributed by atoms with van der Waals surface area (Å²) in [5.41, 5.74) is 0.781. The number of pyridine rings is 1. The number of H-pyrrole nitrogens is 2. The highest BCUT2D eigenvalue weighted by molar-refractivity contribution is 5.31. The molecule has 0 aromatic carbocycles. The Bertz CT molecular complexity index is 646. The SMILES string of the molecule is CCc1cccnc1CNc1n[nH]c(=O)[nH]c1=O. The largest absolute Gasteiger partial charge is 0.358 e. The summed E-state index contributed by atoms with van der Waals surface area (Å²) in [6, 6.07) is 3.85. The van der Waals surface area contributed by atoms with Crippen molar-refractivity contribution >= 4 is 5.82 Å². The Morgan fingerprint density at radius 1 is 1.39 bits per heavy atom. The molecule has 0 radical (unpaired) electrons. The zero-order valence-electron chi connectivity index (χ0n) is 9.86. The van der Waals surface area contributed by atoms with Gasteiger partial charge in [-0.15, -0.1) is 5.10 Å². The van der Waals surface area contributed by atoms with Crippen molar-refractivity contribution in [2.75, 3.05) is 5.32 Å². The molecule has 2 aromatic heterocycles. The van der Waals surface area contributed by atoms with Gasteiger partial charge in [-0.2, -0.15) is 0 Å². The monoisotopic (exact) mass is 247 g/mol. The number of anilines is 1. The average molecular weight is 247 g/mol. The van der Waals surface area contributed by atoms with Gasteiger partial charge in [0.1, 0.15) is 0 Å². The molecule has 3 N–H and O–H groups in total. The Morgan fingerprint density at radius 3 is 2.94 bits per heavy atom. The standard InChI is InChI=1S/C11H13N5O2/c1-2-7-4-3-5-12-8(7)6-13-9-10(17)14-11(18)16-15-9/h3-5H,2,6H2,1H3,(H,13,15)(H2,14,16,17,18). The van der Waals surface area contributed by atoms with Gasteiger partial charge in [0, 0.05) is 6.20 Å². The lowest BCUT2D eigenvalue weighted by Crippen LogP contribution is -2.27. The molecule has 18 heavy (non-hydrogen) atoms. The third-order valence-corrected chi connectivity index (χ3v) is 2.50. The van der Waals surface area contributed by atoms with E-state index < -0.39 is 11.2 Å². The number of aromatic nitrogens is 4. The first kappa shape index (κ1) is 12.0. The lowest BCUT2D eigenvalue weighted by molar-refractivity contribution is 0.873. The molecule has 0 fully saturated rings. The maximum absolute atomic E-state index is 11.4. The summed E-state index contributed by atoms with van der Waals surface area (Å²) < 4.78 is 0. The van der Waals surface area contributed by atoms with Crippen molar-refractivity contribution in [2.45, 2.75) is 19.9 Å². The number of hydrogen-bond acceptors (Lipinski definition) is 5. The lowest BCUT2D eigenvalue weighted by atomic mass is 10.1. The van der Waals surface area contributed by atoms with Gasteiger partial charge in [0.25, 0.3) is 5.56 Å². The van der Waals surface area contributed by atoms with Crippen molar-refractivity contribution < 1.29 is 0 Å². The van der Waals surface area contributed by atoms with Crippen molar-refractivity contribution in [3.05, 3.63) is 50.4 Å². The Balaban J connectivity index is 2.16. The minimum Gasteiger partial charge on any atom is -0.358 e. The van der Waals surface area contributed by atoms with Crippen LogP contribution in [0, 0.1) is 0 Å². The highest BCUT2D eigenvalue weighted by atomic mass is 16.2. The van der Waals surface area contributed by atoms with Crippen LogP contribution < -0.4 is 16.6 Å². The summed E-state index contributed by atoms with van der Waals surface area (Å²) >= 11 is 0. The van der Waals surface area contributed by atoms with Gasteiger partial charge in [-0.3, -0.25) is 14.8 Å².